The summed E-state index contributed by atoms with van der Waals surface area (Å²) in [6, 6.07) is 6.66. The van der Waals surface area contributed by atoms with E-state index in [0.717, 1.165) is 31.7 Å². The Labute approximate surface area is 153 Å². The van der Waals surface area contributed by atoms with Crippen molar-refractivity contribution in [1.29, 1.82) is 0 Å². The molecule has 1 aromatic heterocycles. The first-order valence-electron chi connectivity index (χ1n) is 9.20. The van der Waals surface area contributed by atoms with Gasteiger partial charge in [0, 0.05) is 11.6 Å². The summed E-state index contributed by atoms with van der Waals surface area (Å²) in [5, 5.41) is 12.5. The molecular formula is C21H25NO4. The van der Waals surface area contributed by atoms with Crippen molar-refractivity contribution >= 4 is 11.9 Å². The molecule has 0 atom stereocenters. The van der Waals surface area contributed by atoms with Crippen LogP contribution in [0.3, 0.4) is 0 Å². The van der Waals surface area contributed by atoms with Crippen molar-refractivity contribution in [2.45, 2.75) is 40.2 Å². The molecule has 2 aromatic rings. The number of quaternary nitrogens is 1. The van der Waals surface area contributed by atoms with Crippen LogP contribution in [0.15, 0.2) is 34.4 Å². The van der Waals surface area contributed by atoms with Crippen LogP contribution in [-0.2, 0) is 6.54 Å². The van der Waals surface area contributed by atoms with Gasteiger partial charge in [0.25, 0.3) is 0 Å². The van der Waals surface area contributed by atoms with E-state index in [1.165, 1.54) is 11.0 Å². The fraction of sp³-hybridized carbons (Fsp3) is 0.381. The third kappa shape index (κ3) is 3.68. The number of hydrogen-bond acceptors (Lipinski definition) is 4. The third-order valence-electron chi connectivity index (χ3n) is 4.57. The van der Waals surface area contributed by atoms with Crippen LogP contribution in [0.4, 0.5) is 0 Å². The lowest BCUT2D eigenvalue weighted by atomic mass is 10.0. The van der Waals surface area contributed by atoms with Gasteiger partial charge in [0.2, 0.25) is 5.78 Å². The summed E-state index contributed by atoms with van der Waals surface area (Å²) in [4.78, 5) is 14.0. The smallest absolute Gasteiger partial charge is 0.232 e. The molecule has 0 bridgehead atoms. The maximum atomic E-state index is 12.7. The van der Waals surface area contributed by atoms with E-state index in [1.807, 2.05) is 13.0 Å². The van der Waals surface area contributed by atoms with Gasteiger partial charge in [-0.25, -0.2) is 0 Å². The number of ether oxygens (including phenoxy) is 1. The quantitative estimate of drug-likeness (QED) is 0.775. The van der Waals surface area contributed by atoms with E-state index >= 15 is 0 Å². The average molecular weight is 355 g/mol. The zero-order chi connectivity index (χ0) is 18.7. The minimum absolute atomic E-state index is 0.0728. The molecule has 0 spiro atoms. The zero-order valence-corrected chi connectivity index (χ0v) is 15.6. The molecule has 2 heterocycles. The van der Waals surface area contributed by atoms with E-state index in [-0.39, 0.29) is 17.3 Å². The second-order valence-electron chi connectivity index (χ2n) is 6.73. The normalized spacial score (nSPS) is 14.9. The van der Waals surface area contributed by atoms with Gasteiger partial charge in [-0.3, -0.25) is 4.79 Å². The largest absolute Gasteiger partial charge is 0.872 e. The van der Waals surface area contributed by atoms with Gasteiger partial charge in [-0.2, -0.15) is 0 Å². The Morgan fingerprint density at radius 3 is 2.46 bits per heavy atom. The summed E-state index contributed by atoms with van der Waals surface area (Å²) >= 11 is 0. The minimum Gasteiger partial charge on any atom is -0.872 e. The van der Waals surface area contributed by atoms with Gasteiger partial charge in [-0.05, 0) is 38.0 Å². The van der Waals surface area contributed by atoms with E-state index in [4.69, 9.17) is 9.15 Å². The second kappa shape index (κ2) is 7.79. The van der Waals surface area contributed by atoms with Crippen molar-refractivity contribution in [3.8, 4) is 11.5 Å². The summed E-state index contributed by atoms with van der Waals surface area (Å²) in [6.07, 6.45) is 3.68. The van der Waals surface area contributed by atoms with E-state index in [9.17, 15) is 9.90 Å². The molecule has 1 aliphatic heterocycles. The molecule has 138 valence electrons. The highest BCUT2D eigenvalue weighted by atomic mass is 16.5. The highest BCUT2D eigenvalue weighted by Crippen LogP contribution is 2.38. The minimum atomic E-state index is -0.206. The Balaban J connectivity index is 1.92. The van der Waals surface area contributed by atoms with Crippen LogP contribution in [0.25, 0.3) is 6.08 Å². The van der Waals surface area contributed by atoms with Crippen LogP contribution in [0, 0.1) is 6.92 Å². The topological polar surface area (TPSA) is 66.9 Å². The summed E-state index contributed by atoms with van der Waals surface area (Å²) in [5.74, 6) is 1.67. The lowest BCUT2D eigenvalue weighted by Gasteiger charge is -2.23. The van der Waals surface area contributed by atoms with Gasteiger partial charge >= 0.3 is 0 Å². The third-order valence-corrected chi connectivity index (χ3v) is 4.57. The first-order chi connectivity index (χ1) is 12.5. The number of fused-ring (bicyclic) bond motifs is 1. The average Bonchev–Trinajstić information content (AvgIpc) is 3.15. The Hall–Kier alpha value is -2.53. The molecule has 3 rings (SSSR count). The highest BCUT2D eigenvalue weighted by Gasteiger charge is 2.31. The summed E-state index contributed by atoms with van der Waals surface area (Å²) < 4.78 is 11.3. The van der Waals surface area contributed by atoms with Gasteiger partial charge in [0.05, 0.1) is 18.7 Å². The first kappa shape index (κ1) is 18.3. The monoisotopic (exact) mass is 355 g/mol. The van der Waals surface area contributed by atoms with Crippen molar-refractivity contribution in [3.63, 3.8) is 0 Å². The molecule has 0 saturated heterocycles. The number of nitrogens with one attached hydrogen (secondary N) is 1. The van der Waals surface area contributed by atoms with Crippen molar-refractivity contribution in [2.24, 2.45) is 0 Å². The Morgan fingerprint density at radius 2 is 1.85 bits per heavy atom. The predicted molar refractivity (Wildman–Crippen MR) is 97.3 cm³/mol. The van der Waals surface area contributed by atoms with Crippen LogP contribution in [0.2, 0.25) is 0 Å². The molecule has 0 saturated carbocycles. The molecule has 5 nitrogen and oxygen atoms in total. The fourth-order valence-corrected chi connectivity index (χ4v) is 3.38. The number of ketones is 1. The highest BCUT2D eigenvalue weighted by molar-refractivity contribution is 6.14. The summed E-state index contributed by atoms with van der Waals surface area (Å²) in [5.41, 5.74) is 1.05. The van der Waals surface area contributed by atoms with E-state index < -0.39 is 0 Å². The molecular weight excluding hydrogens is 330 g/mol. The van der Waals surface area contributed by atoms with Crippen molar-refractivity contribution < 1.29 is 24.0 Å². The molecule has 0 aliphatic carbocycles. The summed E-state index contributed by atoms with van der Waals surface area (Å²) in [7, 11) is 0. The molecule has 1 aliphatic rings. The van der Waals surface area contributed by atoms with Crippen LogP contribution < -0.4 is 14.7 Å². The number of rotatable bonds is 7. The molecule has 0 radical (unpaired) electrons. The predicted octanol–water partition coefficient (Wildman–Crippen LogP) is 2.48. The maximum Gasteiger partial charge on any atom is 0.232 e. The number of furan rings is 1. The van der Waals surface area contributed by atoms with Crippen LogP contribution >= 0.6 is 0 Å². The fourth-order valence-electron chi connectivity index (χ4n) is 3.38. The number of benzene rings is 1. The number of hydrogen-bond donors (Lipinski definition) is 1. The Morgan fingerprint density at radius 1 is 1.12 bits per heavy atom. The molecule has 0 unspecified atom stereocenters. The lowest BCUT2D eigenvalue weighted by molar-refractivity contribution is -0.914. The maximum absolute atomic E-state index is 12.7. The number of Topliss-reactive ketones (excluding diaryl/α,β-unsaturated/α-hetero) is 1. The van der Waals surface area contributed by atoms with Gasteiger partial charge in [0.15, 0.2) is 5.76 Å². The standard InChI is InChI=1S/C21H25NO4/c1-4-10-22(11-5-2)13-17-18(23)9-8-16-20(24)19(26-21(16)17)12-15-7-6-14(3)25-15/h6-9,12,23H,4-5,10-11,13H2,1-3H3. The molecule has 1 N–H and O–H groups in total. The molecule has 1 aromatic carbocycles. The van der Waals surface area contributed by atoms with Crippen LogP contribution in [-0.4, -0.2) is 18.9 Å². The second-order valence-corrected chi connectivity index (χ2v) is 6.73. The van der Waals surface area contributed by atoms with Gasteiger partial charge in [0.1, 0.15) is 23.8 Å². The van der Waals surface area contributed by atoms with Gasteiger partial charge < -0.3 is 19.2 Å². The van der Waals surface area contributed by atoms with Crippen molar-refractivity contribution in [3.05, 3.63) is 52.7 Å². The van der Waals surface area contributed by atoms with E-state index in [0.29, 0.717) is 29.2 Å². The Kier molecular flexibility index (Phi) is 5.47. The number of allylic oxidation sites excluding steroid dienone is 1. The first-order valence-corrected chi connectivity index (χ1v) is 9.20. The van der Waals surface area contributed by atoms with E-state index in [2.05, 4.69) is 13.8 Å². The zero-order valence-electron chi connectivity index (χ0n) is 15.6. The van der Waals surface area contributed by atoms with E-state index in [1.54, 1.807) is 18.2 Å². The molecule has 0 fully saturated rings. The van der Waals surface area contributed by atoms with Crippen molar-refractivity contribution in [1.82, 2.24) is 0 Å². The van der Waals surface area contributed by atoms with Crippen LogP contribution in [0.5, 0.6) is 11.5 Å². The number of carbonyl (C=O) groups is 1. The molecule has 0 amide bonds. The number of carbonyl (C=O) groups excluding carboxylic acids is 1. The summed E-state index contributed by atoms with van der Waals surface area (Å²) in [6.45, 7) is 8.65. The van der Waals surface area contributed by atoms with Crippen molar-refractivity contribution in [2.75, 3.05) is 13.1 Å². The molecule has 5 heteroatoms. The number of aryl methyl sites for hydroxylation is 1. The Bertz CT molecular complexity index is 829. The molecule has 26 heavy (non-hydrogen) atoms. The lowest BCUT2D eigenvalue weighted by Crippen LogP contribution is -3.10. The van der Waals surface area contributed by atoms with Gasteiger partial charge in [-0.15, -0.1) is 0 Å². The van der Waals surface area contributed by atoms with Crippen LogP contribution in [0.1, 0.15) is 54.1 Å². The van der Waals surface area contributed by atoms with Gasteiger partial charge in [-0.1, -0.05) is 25.7 Å². The SMILES string of the molecule is CCC[NH+](CCC)Cc1c([O-])ccc2c1OC(=Cc1ccc(C)o1)C2=O.